The van der Waals surface area contributed by atoms with Crippen molar-refractivity contribution < 1.29 is 5.11 Å². The number of fused-ring (bicyclic) bond motifs is 2. The summed E-state index contributed by atoms with van der Waals surface area (Å²) in [7, 11) is 0. The highest BCUT2D eigenvalue weighted by Gasteiger charge is 2.40. The molecule has 0 amide bonds. The lowest BCUT2D eigenvalue weighted by Crippen LogP contribution is -2.43. The van der Waals surface area contributed by atoms with Crippen molar-refractivity contribution in [1.29, 1.82) is 0 Å². The number of benzene rings is 2. The molecule has 2 heterocycles. The summed E-state index contributed by atoms with van der Waals surface area (Å²) in [5.74, 6) is 0. The number of hydrogen-bond donors (Lipinski definition) is 2. The lowest BCUT2D eigenvalue weighted by Gasteiger charge is -2.39. The zero-order valence-corrected chi connectivity index (χ0v) is 16.7. The van der Waals surface area contributed by atoms with E-state index in [1.165, 1.54) is 35.2 Å². The predicted octanol–water partition coefficient (Wildman–Crippen LogP) is 4.35. The standard InChI is InChI=1S/C24H32N2O/c1-23(2,27)12-11-19-7-9-20(10-8-19)17-26-15-13-24(14-16-26)18-25-22-6-4-3-5-21(22)24/h3-10,25,27H,11-18H2,1-2H3. The minimum absolute atomic E-state index is 0.341. The molecule has 144 valence electrons. The number of para-hydroxylation sites is 1. The molecule has 3 nitrogen and oxygen atoms in total. The normalized spacial score (nSPS) is 19.1. The second-order valence-electron chi connectivity index (χ2n) is 9.08. The van der Waals surface area contributed by atoms with Gasteiger partial charge < -0.3 is 10.4 Å². The molecule has 1 spiro atoms. The molecule has 2 aliphatic rings. The first-order valence-electron chi connectivity index (χ1n) is 10.3. The molecule has 0 aromatic heterocycles. The van der Waals surface area contributed by atoms with Crippen LogP contribution < -0.4 is 5.32 Å². The van der Waals surface area contributed by atoms with Crippen LogP contribution in [-0.4, -0.2) is 35.2 Å². The van der Waals surface area contributed by atoms with Crippen molar-refractivity contribution in [3.8, 4) is 0 Å². The van der Waals surface area contributed by atoms with Gasteiger partial charge in [0.2, 0.25) is 0 Å². The van der Waals surface area contributed by atoms with Gasteiger partial charge >= 0.3 is 0 Å². The molecule has 0 unspecified atom stereocenters. The van der Waals surface area contributed by atoms with E-state index in [1.807, 2.05) is 13.8 Å². The van der Waals surface area contributed by atoms with Crippen molar-refractivity contribution in [3.05, 3.63) is 65.2 Å². The summed E-state index contributed by atoms with van der Waals surface area (Å²) in [4.78, 5) is 2.60. The lowest BCUT2D eigenvalue weighted by molar-refractivity contribution is 0.0714. The van der Waals surface area contributed by atoms with Gasteiger partial charge in [-0.25, -0.2) is 0 Å². The molecule has 0 saturated carbocycles. The number of hydrogen-bond acceptors (Lipinski definition) is 3. The minimum atomic E-state index is -0.587. The fourth-order valence-electron chi connectivity index (χ4n) is 4.56. The van der Waals surface area contributed by atoms with Crippen LogP contribution in [0.3, 0.4) is 0 Å². The van der Waals surface area contributed by atoms with Crippen molar-refractivity contribution in [3.63, 3.8) is 0 Å². The maximum atomic E-state index is 9.89. The molecule has 3 heteroatoms. The Morgan fingerprint density at radius 2 is 1.67 bits per heavy atom. The zero-order chi connectivity index (χ0) is 18.9. The number of anilines is 1. The third kappa shape index (κ3) is 4.20. The Labute approximate surface area is 163 Å². The van der Waals surface area contributed by atoms with Gasteiger partial charge in [-0.3, -0.25) is 4.90 Å². The highest BCUT2D eigenvalue weighted by molar-refractivity contribution is 5.60. The summed E-state index contributed by atoms with van der Waals surface area (Å²) in [6.07, 6.45) is 4.21. The van der Waals surface area contributed by atoms with Crippen LogP contribution in [0.2, 0.25) is 0 Å². The van der Waals surface area contributed by atoms with E-state index in [1.54, 1.807) is 0 Å². The van der Waals surface area contributed by atoms with Crippen LogP contribution in [-0.2, 0) is 18.4 Å². The Balaban J connectivity index is 1.32. The molecule has 2 N–H and O–H groups in total. The fraction of sp³-hybridized carbons (Fsp3) is 0.500. The van der Waals surface area contributed by atoms with E-state index in [0.29, 0.717) is 5.41 Å². The summed E-state index contributed by atoms with van der Waals surface area (Å²) in [5, 5.41) is 13.5. The van der Waals surface area contributed by atoms with E-state index in [-0.39, 0.29) is 0 Å². The van der Waals surface area contributed by atoms with Crippen LogP contribution >= 0.6 is 0 Å². The Bertz CT molecular complexity index is 768. The van der Waals surface area contributed by atoms with E-state index in [9.17, 15) is 5.11 Å². The maximum absolute atomic E-state index is 9.89. The van der Waals surface area contributed by atoms with E-state index >= 15 is 0 Å². The van der Waals surface area contributed by atoms with Crippen molar-refractivity contribution in [2.45, 2.75) is 57.1 Å². The molecule has 0 radical (unpaired) electrons. The Hall–Kier alpha value is -1.84. The number of likely N-dealkylation sites (tertiary alicyclic amines) is 1. The fourth-order valence-corrected chi connectivity index (χ4v) is 4.56. The van der Waals surface area contributed by atoms with Gasteiger partial charge in [0.1, 0.15) is 0 Å². The van der Waals surface area contributed by atoms with Crippen LogP contribution in [0.1, 0.15) is 49.8 Å². The number of piperidine rings is 1. The molecule has 4 rings (SSSR count). The highest BCUT2D eigenvalue weighted by atomic mass is 16.3. The molecule has 1 saturated heterocycles. The van der Waals surface area contributed by atoms with Crippen LogP contribution in [0.4, 0.5) is 5.69 Å². The molecule has 2 aliphatic heterocycles. The highest BCUT2D eigenvalue weighted by Crippen LogP contribution is 2.43. The van der Waals surface area contributed by atoms with Gasteiger partial charge in [0, 0.05) is 24.2 Å². The first-order chi connectivity index (χ1) is 12.9. The first kappa shape index (κ1) is 18.5. The smallest absolute Gasteiger partial charge is 0.0594 e. The molecule has 2 aromatic rings. The average molecular weight is 365 g/mol. The SMILES string of the molecule is CC(C)(O)CCc1ccc(CN2CCC3(CC2)CNc2ccccc23)cc1. The van der Waals surface area contributed by atoms with Crippen LogP contribution in [0.25, 0.3) is 0 Å². The van der Waals surface area contributed by atoms with Gasteiger partial charge in [-0.2, -0.15) is 0 Å². The zero-order valence-electron chi connectivity index (χ0n) is 16.7. The van der Waals surface area contributed by atoms with Gasteiger partial charge in [0.25, 0.3) is 0 Å². The van der Waals surface area contributed by atoms with Gasteiger partial charge in [-0.1, -0.05) is 42.5 Å². The molecule has 0 bridgehead atoms. The van der Waals surface area contributed by atoms with E-state index < -0.39 is 5.60 Å². The topological polar surface area (TPSA) is 35.5 Å². The van der Waals surface area contributed by atoms with Crippen LogP contribution in [0.15, 0.2) is 48.5 Å². The number of nitrogens with one attached hydrogen (secondary N) is 1. The lowest BCUT2D eigenvalue weighted by atomic mass is 9.74. The summed E-state index contributed by atoms with van der Waals surface area (Å²) in [6, 6.07) is 17.8. The number of nitrogens with zero attached hydrogens (tertiary/aromatic N) is 1. The van der Waals surface area contributed by atoms with Crippen molar-refractivity contribution in [2.24, 2.45) is 0 Å². The second-order valence-corrected chi connectivity index (χ2v) is 9.08. The van der Waals surface area contributed by atoms with Gasteiger partial charge in [0.05, 0.1) is 5.60 Å². The Morgan fingerprint density at radius 1 is 1.00 bits per heavy atom. The van der Waals surface area contributed by atoms with E-state index in [0.717, 1.165) is 39.0 Å². The third-order valence-corrected chi connectivity index (χ3v) is 6.38. The van der Waals surface area contributed by atoms with E-state index in [2.05, 4.69) is 58.7 Å². The molecule has 0 aliphatic carbocycles. The van der Waals surface area contributed by atoms with Crippen molar-refractivity contribution >= 4 is 5.69 Å². The number of rotatable bonds is 5. The molecule has 2 aromatic carbocycles. The molecular formula is C24H32N2O. The van der Waals surface area contributed by atoms with Crippen molar-refractivity contribution in [1.82, 2.24) is 4.90 Å². The third-order valence-electron chi connectivity index (χ3n) is 6.38. The van der Waals surface area contributed by atoms with Crippen molar-refractivity contribution in [2.75, 3.05) is 25.0 Å². The molecular weight excluding hydrogens is 332 g/mol. The monoisotopic (exact) mass is 364 g/mol. The maximum Gasteiger partial charge on any atom is 0.0594 e. The van der Waals surface area contributed by atoms with Gasteiger partial charge in [-0.15, -0.1) is 0 Å². The quantitative estimate of drug-likeness (QED) is 0.828. The van der Waals surface area contributed by atoms with E-state index in [4.69, 9.17) is 0 Å². The average Bonchev–Trinajstić information content (AvgIpc) is 3.01. The molecule has 27 heavy (non-hydrogen) atoms. The van der Waals surface area contributed by atoms with Crippen LogP contribution in [0, 0.1) is 0 Å². The predicted molar refractivity (Wildman–Crippen MR) is 112 cm³/mol. The first-order valence-corrected chi connectivity index (χ1v) is 10.3. The minimum Gasteiger partial charge on any atom is -0.390 e. The number of aliphatic hydroxyl groups is 1. The summed E-state index contributed by atoms with van der Waals surface area (Å²) in [6.45, 7) is 8.21. The summed E-state index contributed by atoms with van der Waals surface area (Å²) < 4.78 is 0. The summed E-state index contributed by atoms with van der Waals surface area (Å²) in [5.41, 5.74) is 5.33. The Kier molecular flexibility index (Phi) is 5.00. The summed E-state index contributed by atoms with van der Waals surface area (Å²) >= 11 is 0. The largest absolute Gasteiger partial charge is 0.390 e. The van der Waals surface area contributed by atoms with Gasteiger partial charge in [-0.05, 0) is 75.4 Å². The van der Waals surface area contributed by atoms with Gasteiger partial charge in [0.15, 0.2) is 0 Å². The molecule has 1 fully saturated rings. The Morgan fingerprint density at radius 3 is 2.37 bits per heavy atom. The van der Waals surface area contributed by atoms with Crippen LogP contribution in [0.5, 0.6) is 0 Å². The number of aryl methyl sites for hydroxylation is 1. The molecule has 0 atom stereocenters. The second kappa shape index (κ2) is 7.29.